The number of nitrogen functional groups attached to an aromatic ring is 1. The SMILES string of the molecule is CCN(c1ccccc1C)c1nc(NN)ncc1Cl. The molecule has 0 unspecified atom stereocenters. The quantitative estimate of drug-likeness (QED) is 0.664. The highest BCUT2D eigenvalue weighted by molar-refractivity contribution is 6.33. The number of nitrogens with two attached hydrogens (primary N) is 1. The first kappa shape index (κ1) is 13.6. The van der Waals surface area contributed by atoms with Crippen molar-refractivity contribution in [3.8, 4) is 0 Å². The molecule has 1 aromatic heterocycles. The molecule has 0 atom stereocenters. The number of anilines is 3. The normalized spacial score (nSPS) is 10.3. The number of aryl methyl sites for hydroxylation is 1. The molecule has 6 heteroatoms. The minimum absolute atomic E-state index is 0.339. The van der Waals surface area contributed by atoms with Crippen LogP contribution in [0.15, 0.2) is 30.5 Å². The maximum Gasteiger partial charge on any atom is 0.239 e. The molecular formula is C13H16ClN5. The zero-order valence-electron chi connectivity index (χ0n) is 10.9. The van der Waals surface area contributed by atoms with Crippen molar-refractivity contribution in [2.24, 2.45) is 5.84 Å². The van der Waals surface area contributed by atoms with Crippen molar-refractivity contribution in [2.45, 2.75) is 13.8 Å². The van der Waals surface area contributed by atoms with Crippen LogP contribution in [0.3, 0.4) is 0 Å². The van der Waals surface area contributed by atoms with E-state index in [-0.39, 0.29) is 0 Å². The number of aromatic nitrogens is 2. The Balaban J connectivity index is 2.51. The van der Waals surface area contributed by atoms with Crippen LogP contribution in [0.4, 0.5) is 17.5 Å². The van der Waals surface area contributed by atoms with Crippen LogP contribution in [-0.4, -0.2) is 16.5 Å². The lowest BCUT2D eigenvalue weighted by Crippen LogP contribution is -2.20. The molecule has 0 fully saturated rings. The minimum atomic E-state index is 0.339. The van der Waals surface area contributed by atoms with Crippen molar-refractivity contribution in [1.29, 1.82) is 0 Å². The van der Waals surface area contributed by atoms with Gasteiger partial charge in [-0.05, 0) is 25.5 Å². The Bertz CT molecular complexity index is 573. The number of benzene rings is 1. The summed E-state index contributed by atoms with van der Waals surface area (Å²) in [6, 6.07) is 8.07. The second-order valence-electron chi connectivity index (χ2n) is 4.04. The van der Waals surface area contributed by atoms with Gasteiger partial charge in [-0.1, -0.05) is 29.8 Å². The molecule has 1 aromatic carbocycles. The van der Waals surface area contributed by atoms with Gasteiger partial charge in [0.1, 0.15) is 5.02 Å². The van der Waals surface area contributed by atoms with Gasteiger partial charge in [-0.15, -0.1) is 0 Å². The van der Waals surface area contributed by atoms with E-state index in [4.69, 9.17) is 17.4 Å². The van der Waals surface area contributed by atoms with E-state index in [2.05, 4.69) is 28.4 Å². The Kier molecular flexibility index (Phi) is 4.19. The van der Waals surface area contributed by atoms with E-state index in [9.17, 15) is 0 Å². The third kappa shape index (κ3) is 2.77. The molecule has 0 bridgehead atoms. The summed E-state index contributed by atoms with van der Waals surface area (Å²) in [5, 5.41) is 0.490. The first-order valence-electron chi connectivity index (χ1n) is 5.99. The van der Waals surface area contributed by atoms with E-state index in [1.165, 1.54) is 0 Å². The van der Waals surface area contributed by atoms with E-state index in [1.54, 1.807) is 6.20 Å². The lowest BCUT2D eigenvalue weighted by Gasteiger charge is -2.24. The summed E-state index contributed by atoms with van der Waals surface area (Å²) in [6.45, 7) is 4.83. The third-order valence-electron chi connectivity index (χ3n) is 2.83. The molecule has 2 rings (SSSR count). The Morgan fingerprint density at radius 2 is 2.11 bits per heavy atom. The highest BCUT2D eigenvalue weighted by atomic mass is 35.5. The van der Waals surface area contributed by atoms with Crippen LogP contribution < -0.4 is 16.2 Å². The molecule has 100 valence electrons. The summed E-state index contributed by atoms with van der Waals surface area (Å²) < 4.78 is 0. The Morgan fingerprint density at radius 3 is 2.74 bits per heavy atom. The number of nitrogens with one attached hydrogen (secondary N) is 1. The Hall–Kier alpha value is -1.85. The minimum Gasteiger partial charge on any atom is -0.325 e. The van der Waals surface area contributed by atoms with Crippen LogP contribution in [0.25, 0.3) is 0 Å². The molecule has 0 radical (unpaired) electrons. The predicted octanol–water partition coefficient (Wildman–Crippen LogP) is 2.88. The van der Waals surface area contributed by atoms with Crippen molar-refractivity contribution in [1.82, 2.24) is 9.97 Å². The number of halogens is 1. The summed E-state index contributed by atoms with van der Waals surface area (Å²) in [7, 11) is 0. The van der Waals surface area contributed by atoms with Crippen LogP contribution in [-0.2, 0) is 0 Å². The molecule has 0 aliphatic rings. The molecule has 0 saturated carbocycles. The first-order valence-corrected chi connectivity index (χ1v) is 6.37. The van der Waals surface area contributed by atoms with Crippen molar-refractivity contribution in [2.75, 3.05) is 16.9 Å². The van der Waals surface area contributed by atoms with Gasteiger partial charge in [-0.3, -0.25) is 5.43 Å². The monoisotopic (exact) mass is 277 g/mol. The molecule has 0 saturated heterocycles. The summed E-state index contributed by atoms with van der Waals surface area (Å²) in [4.78, 5) is 10.3. The number of rotatable bonds is 4. The molecule has 0 aliphatic carbocycles. The number of hydrazine groups is 1. The molecule has 19 heavy (non-hydrogen) atoms. The summed E-state index contributed by atoms with van der Waals surface area (Å²) in [5.41, 5.74) is 4.65. The van der Waals surface area contributed by atoms with Crippen LogP contribution in [0.5, 0.6) is 0 Å². The first-order chi connectivity index (χ1) is 9.17. The van der Waals surface area contributed by atoms with Gasteiger partial charge in [0.2, 0.25) is 5.95 Å². The standard InChI is InChI=1S/C13H16ClN5/c1-3-19(11-7-5-4-6-9(11)2)12-10(14)8-16-13(17-12)18-15/h4-8H,3,15H2,1-2H3,(H,16,17,18). The molecular weight excluding hydrogens is 262 g/mol. The van der Waals surface area contributed by atoms with Crippen molar-refractivity contribution >= 4 is 29.1 Å². The van der Waals surface area contributed by atoms with Crippen molar-refractivity contribution in [3.63, 3.8) is 0 Å². The van der Waals surface area contributed by atoms with E-state index < -0.39 is 0 Å². The highest BCUT2D eigenvalue weighted by Gasteiger charge is 2.15. The topological polar surface area (TPSA) is 67.1 Å². The van der Waals surface area contributed by atoms with Gasteiger partial charge in [0, 0.05) is 12.2 Å². The van der Waals surface area contributed by atoms with E-state index >= 15 is 0 Å². The number of hydrogen-bond donors (Lipinski definition) is 2. The van der Waals surface area contributed by atoms with Crippen molar-refractivity contribution in [3.05, 3.63) is 41.0 Å². The maximum atomic E-state index is 6.19. The van der Waals surface area contributed by atoms with Gasteiger partial charge < -0.3 is 4.90 Å². The van der Waals surface area contributed by atoms with Gasteiger partial charge >= 0.3 is 0 Å². The van der Waals surface area contributed by atoms with Crippen LogP contribution in [0.2, 0.25) is 5.02 Å². The van der Waals surface area contributed by atoms with Crippen molar-refractivity contribution < 1.29 is 0 Å². The summed E-state index contributed by atoms with van der Waals surface area (Å²) in [5.74, 6) is 6.32. The zero-order valence-corrected chi connectivity index (χ0v) is 11.6. The molecule has 3 N–H and O–H groups in total. The average molecular weight is 278 g/mol. The lowest BCUT2D eigenvalue weighted by molar-refractivity contribution is 0.968. The van der Waals surface area contributed by atoms with Crippen LogP contribution in [0, 0.1) is 6.92 Å². The summed E-state index contributed by atoms with van der Waals surface area (Å²) in [6.07, 6.45) is 1.54. The molecule has 5 nitrogen and oxygen atoms in total. The second-order valence-corrected chi connectivity index (χ2v) is 4.45. The van der Waals surface area contributed by atoms with Crippen LogP contribution in [0.1, 0.15) is 12.5 Å². The van der Waals surface area contributed by atoms with Crippen LogP contribution >= 0.6 is 11.6 Å². The fraction of sp³-hybridized carbons (Fsp3) is 0.231. The van der Waals surface area contributed by atoms with Gasteiger partial charge in [-0.25, -0.2) is 10.8 Å². The van der Waals surface area contributed by atoms with Gasteiger partial charge in [0.15, 0.2) is 5.82 Å². The summed E-state index contributed by atoms with van der Waals surface area (Å²) >= 11 is 6.19. The second kappa shape index (κ2) is 5.86. The predicted molar refractivity (Wildman–Crippen MR) is 78.7 cm³/mol. The fourth-order valence-corrected chi connectivity index (χ4v) is 2.11. The largest absolute Gasteiger partial charge is 0.325 e. The molecule has 0 amide bonds. The number of nitrogens with zero attached hydrogens (tertiary/aromatic N) is 3. The number of para-hydroxylation sites is 1. The van der Waals surface area contributed by atoms with E-state index in [0.717, 1.165) is 17.8 Å². The molecule has 2 aromatic rings. The molecule has 0 spiro atoms. The van der Waals surface area contributed by atoms with Gasteiger partial charge in [-0.2, -0.15) is 4.98 Å². The average Bonchev–Trinajstić information content (AvgIpc) is 2.43. The van der Waals surface area contributed by atoms with Gasteiger partial charge in [0.25, 0.3) is 0 Å². The van der Waals surface area contributed by atoms with E-state index in [1.807, 2.05) is 30.0 Å². The highest BCUT2D eigenvalue weighted by Crippen LogP contribution is 2.31. The zero-order chi connectivity index (χ0) is 13.8. The Morgan fingerprint density at radius 1 is 1.37 bits per heavy atom. The van der Waals surface area contributed by atoms with E-state index in [0.29, 0.717) is 16.8 Å². The van der Waals surface area contributed by atoms with Gasteiger partial charge in [0.05, 0.1) is 6.20 Å². The molecule has 0 aliphatic heterocycles. The number of hydrogen-bond acceptors (Lipinski definition) is 5. The maximum absolute atomic E-state index is 6.19. The fourth-order valence-electron chi connectivity index (χ4n) is 1.92. The third-order valence-corrected chi connectivity index (χ3v) is 3.10. The lowest BCUT2D eigenvalue weighted by atomic mass is 10.2. The smallest absolute Gasteiger partial charge is 0.239 e. The Labute approximate surface area is 117 Å². The molecule has 1 heterocycles.